The molecule has 2 rings (SSSR count). The lowest BCUT2D eigenvalue weighted by Crippen LogP contribution is -2.38. The molecule has 1 unspecified atom stereocenters. The molecule has 5 heteroatoms. The molecule has 0 aromatic heterocycles. The number of nitrogens with two attached hydrogens (primary N) is 1. The third kappa shape index (κ3) is 3.47. The molecule has 2 amide bonds. The van der Waals surface area contributed by atoms with Gasteiger partial charge in [0.05, 0.1) is 6.54 Å². The Bertz CT molecular complexity index is 494. The molecule has 19 heavy (non-hydrogen) atoms. The van der Waals surface area contributed by atoms with E-state index in [1.165, 1.54) is 0 Å². The predicted octanol–water partition coefficient (Wildman–Crippen LogP) is 0.913. The van der Waals surface area contributed by atoms with E-state index in [4.69, 9.17) is 5.73 Å². The third-order valence-corrected chi connectivity index (χ3v) is 3.43. The van der Waals surface area contributed by atoms with Crippen molar-refractivity contribution in [3.8, 4) is 0 Å². The fraction of sp³-hybridized carbons (Fsp3) is 0.429. The Hall–Kier alpha value is -2.04. The maximum Gasteiger partial charge on any atom is 0.251 e. The van der Waals surface area contributed by atoms with Crippen molar-refractivity contribution >= 4 is 17.5 Å². The predicted molar refractivity (Wildman–Crippen MR) is 73.5 cm³/mol. The molecule has 102 valence electrons. The van der Waals surface area contributed by atoms with Crippen molar-refractivity contribution in [1.29, 1.82) is 0 Å². The number of hydrogen-bond acceptors (Lipinski definition) is 3. The van der Waals surface area contributed by atoms with Crippen LogP contribution in [0.1, 0.15) is 30.6 Å². The molecule has 1 atom stereocenters. The summed E-state index contributed by atoms with van der Waals surface area (Å²) >= 11 is 0. The van der Waals surface area contributed by atoms with E-state index in [1.54, 1.807) is 24.3 Å². The van der Waals surface area contributed by atoms with E-state index in [0.717, 1.165) is 6.42 Å². The summed E-state index contributed by atoms with van der Waals surface area (Å²) in [5.74, 6) is -0.426. The number of nitrogen functional groups attached to an aromatic ring is 1. The summed E-state index contributed by atoms with van der Waals surface area (Å²) in [6.07, 6.45) is 0.991. The summed E-state index contributed by atoms with van der Waals surface area (Å²) in [6.45, 7) is 4.20. The minimum absolute atomic E-state index is 0.00418. The Kier molecular flexibility index (Phi) is 3.46. The fourth-order valence-corrected chi connectivity index (χ4v) is 1.86. The molecule has 0 heterocycles. The topological polar surface area (TPSA) is 84.2 Å². The SMILES string of the molecule is CC1(C)CC1NC(=O)CNC(=O)c1ccc(N)cc1. The fourth-order valence-electron chi connectivity index (χ4n) is 1.86. The van der Waals surface area contributed by atoms with Gasteiger partial charge in [-0.05, 0) is 36.1 Å². The summed E-state index contributed by atoms with van der Waals surface area (Å²) in [7, 11) is 0. The van der Waals surface area contributed by atoms with Crippen LogP contribution < -0.4 is 16.4 Å². The van der Waals surface area contributed by atoms with Crippen LogP contribution in [0.3, 0.4) is 0 Å². The van der Waals surface area contributed by atoms with Gasteiger partial charge in [-0.2, -0.15) is 0 Å². The molecule has 0 bridgehead atoms. The summed E-state index contributed by atoms with van der Waals surface area (Å²) in [5.41, 5.74) is 6.83. The van der Waals surface area contributed by atoms with Crippen LogP contribution in [0.4, 0.5) is 5.69 Å². The second-order valence-electron chi connectivity index (χ2n) is 5.62. The van der Waals surface area contributed by atoms with E-state index in [9.17, 15) is 9.59 Å². The zero-order valence-electron chi connectivity index (χ0n) is 11.2. The molecule has 1 fully saturated rings. The number of carbonyl (C=O) groups is 2. The molecule has 1 aliphatic rings. The first kappa shape index (κ1) is 13.4. The smallest absolute Gasteiger partial charge is 0.251 e. The van der Waals surface area contributed by atoms with Crippen molar-refractivity contribution in [1.82, 2.24) is 10.6 Å². The summed E-state index contributed by atoms with van der Waals surface area (Å²) in [6, 6.07) is 6.80. The molecular formula is C14H19N3O2. The quantitative estimate of drug-likeness (QED) is 0.704. The minimum Gasteiger partial charge on any atom is -0.399 e. The highest BCUT2D eigenvalue weighted by molar-refractivity contribution is 5.96. The molecule has 0 saturated heterocycles. The average Bonchev–Trinajstić information content (AvgIpc) is 2.94. The molecule has 4 N–H and O–H groups in total. The van der Waals surface area contributed by atoms with Gasteiger partial charge in [-0.1, -0.05) is 13.8 Å². The van der Waals surface area contributed by atoms with Gasteiger partial charge < -0.3 is 16.4 Å². The maximum atomic E-state index is 11.8. The number of hydrogen-bond donors (Lipinski definition) is 3. The second kappa shape index (κ2) is 4.91. The van der Waals surface area contributed by atoms with Crippen LogP contribution in [0.25, 0.3) is 0 Å². The lowest BCUT2D eigenvalue weighted by Gasteiger charge is -2.08. The van der Waals surface area contributed by atoms with Gasteiger partial charge in [-0.15, -0.1) is 0 Å². The Labute approximate surface area is 112 Å². The molecule has 0 aliphatic heterocycles. The molecule has 1 saturated carbocycles. The van der Waals surface area contributed by atoms with Crippen LogP contribution in [0.15, 0.2) is 24.3 Å². The zero-order valence-corrected chi connectivity index (χ0v) is 11.2. The average molecular weight is 261 g/mol. The van der Waals surface area contributed by atoms with Crippen molar-refractivity contribution < 1.29 is 9.59 Å². The van der Waals surface area contributed by atoms with Gasteiger partial charge in [0, 0.05) is 17.3 Å². The van der Waals surface area contributed by atoms with Crippen LogP contribution in [0, 0.1) is 5.41 Å². The Morgan fingerprint density at radius 2 is 1.89 bits per heavy atom. The first-order valence-corrected chi connectivity index (χ1v) is 6.31. The molecule has 1 aliphatic carbocycles. The summed E-state index contributed by atoms with van der Waals surface area (Å²) in [4.78, 5) is 23.4. The molecule has 0 radical (unpaired) electrons. The number of nitrogens with one attached hydrogen (secondary N) is 2. The van der Waals surface area contributed by atoms with E-state index in [-0.39, 0.29) is 29.8 Å². The van der Waals surface area contributed by atoms with Gasteiger partial charge in [-0.25, -0.2) is 0 Å². The standard InChI is InChI=1S/C14H19N3O2/c1-14(2)7-11(14)17-12(18)8-16-13(19)9-3-5-10(15)6-4-9/h3-6,11H,7-8,15H2,1-2H3,(H,16,19)(H,17,18). The second-order valence-corrected chi connectivity index (χ2v) is 5.62. The van der Waals surface area contributed by atoms with Crippen molar-refractivity contribution in [2.24, 2.45) is 5.41 Å². The van der Waals surface area contributed by atoms with E-state index in [0.29, 0.717) is 11.3 Å². The Morgan fingerprint density at radius 3 is 2.42 bits per heavy atom. The maximum absolute atomic E-state index is 11.8. The van der Waals surface area contributed by atoms with Gasteiger partial charge in [0.2, 0.25) is 5.91 Å². The van der Waals surface area contributed by atoms with E-state index >= 15 is 0 Å². The van der Waals surface area contributed by atoms with Crippen LogP contribution >= 0.6 is 0 Å². The number of benzene rings is 1. The Balaban J connectivity index is 1.77. The minimum atomic E-state index is -0.273. The van der Waals surface area contributed by atoms with Crippen LogP contribution in [0.5, 0.6) is 0 Å². The number of rotatable bonds is 4. The number of amides is 2. The van der Waals surface area contributed by atoms with E-state index < -0.39 is 0 Å². The van der Waals surface area contributed by atoms with Crippen molar-refractivity contribution in [2.75, 3.05) is 12.3 Å². The molecule has 1 aromatic carbocycles. The zero-order chi connectivity index (χ0) is 14.0. The Morgan fingerprint density at radius 1 is 1.32 bits per heavy atom. The van der Waals surface area contributed by atoms with E-state index in [1.807, 2.05) is 0 Å². The molecular weight excluding hydrogens is 242 g/mol. The molecule has 1 aromatic rings. The van der Waals surface area contributed by atoms with Crippen molar-refractivity contribution in [3.05, 3.63) is 29.8 Å². The van der Waals surface area contributed by atoms with Gasteiger partial charge in [0.1, 0.15) is 0 Å². The normalized spacial score (nSPS) is 19.6. The van der Waals surface area contributed by atoms with Gasteiger partial charge in [0.15, 0.2) is 0 Å². The van der Waals surface area contributed by atoms with Gasteiger partial charge in [-0.3, -0.25) is 9.59 Å². The van der Waals surface area contributed by atoms with Crippen LogP contribution in [-0.4, -0.2) is 24.4 Å². The van der Waals surface area contributed by atoms with Gasteiger partial charge in [0.25, 0.3) is 5.91 Å². The van der Waals surface area contributed by atoms with Crippen LogP contribution in [0.2, 0.25) is 0 Å². The summed E-state index contributed by atoms with van der Waals surface area (Å²) in [5, 5.41) is 5.47. The van der Waals surface area contributed by atoms with Crippen molar-refractivity contribution in [3.63, 3.8) is 0 Å². The first-order valence-electron chi connectivity index (χ1n) is 6.31. The van der Waals surface area contributed by atoms with Crippen molar-refractivity contribution in [2.45, 2.75) is 26.3 Å². The van der Waals surface area contributed by atoms with Crippen LogP contribution in [-0.2, 0) is 4.79 Å². The third-order valence-electron chi connectivity index (χ3n) is 3.43. The number of carbonyl (C=O) groups excluding carboxylic acids is 2. The lowest BCUT2D eigenvalue weighted by atomic mass is 10.2. The largest absolute Gasteiger partial charge is 0.399 e. The van der Waals surface area contributed by atoms with E-state index in [2.05, 4.69) is 24.5 Å². The first-order chi connectivity index (χ1) is 8.88. The molecule has 5 nitrogen and oxygen atoms in total. The highest BCUT2D eigenvalue weighted by Gasteiger charge is 2.46. The monoisotopic (exact) mass is 261 g/mol. The lowest BCUT2D eigenvalue weighted by molar-refractivity contribution is -0.120. The highest BCUT2D eigenvalue weighted by Crippen LogP contribution is 2.44. The van der Waals surface area contributed by atoms with Gasteiger partial charge >= 0.3 is 0 Å². The number of anilines is 1. The molecule has 0 spiro atoms. The highest BCUT2D eigenvalue weighted by atomic mass is 16.2. The summed E-state index contributed by atoms with van der Waals surface area (Å²) < 4.78 is 0.